The molecule has 106 valence electrons. The molecule has 0 atom stereocenters. The van der Waals surface area contributed by atoms with Crippen molar-refractivity contribution in [3.8, 4) is 10.6 Å². The summed E-state index contributed by atoms with van der Waals surface area (Å²) in [5, 5.41) is 5.97. The number of thiophene rings is 1. The fourth-order valence-electron chi connectivity index (χ4n) is 1.72. The number of rotatable bonds is 4. The van der Waals surface area contributed by atoms with E-state index in [9.17, 15) is 4.79 Å². The maximum atomic E-state index is 12.2. The zero-order valence-electron chi connectivity index (χ0n) is 10.7. The van der Waals surface area contributed by atoms with Crippen molar-refractivity contribution in [2.75, 3.05) is 0 Å². The van der Waals surface area contributed by atoms with Gasteiger partial charge in [0.2, 0.25) is 0 Å². The first-order chi connectivity index (χ1) is 10.3. The standard InChI is InChI=1S/C14H9IN2O2S2/c15-10-5-2-1-4-9(10)8-19-14(18)13-12(16-17-21-13)11-6-3-7-20-11/h1-7H,8H2. The summed E-state index contributed by atoms with van der Waals surface area (Å²) in [6.45, 7) is 0.250. The lowest BCUT2D eigenvalue weighted by Gasteiger charge is -2.05. The summed E-state index contributed by atoms with van der Waals surface area (Å²) < 4.78 is 10.3. The SMILES string of the molecule is O=C(OCc1ccccc1I)c1snnc1-c1cccs1. The summed E-state index contributed by atoms with van der Waals surface area (Å²) >= 11 is 4.81. The van der Waals surface area contributed by atoms with Gasteiger partial charge in [0.25, 0.3) is 0 Å². The summed E-state index contributed by atoms with van der Waals surface area (Å²) in [5.41, 5.74) is 1.59. The molecular formula is C14H9IN2O2S2. The van der Waals surface area contributed by atoms with Crippen LogP contribution in [0.15, 0.2) is 41.8 Å². The average molecular weight is 428 g/mol. The first-order valence-electron chi connectivity index (χ1n) is 6.02. The normalized spacial score (nSPS) is 10.5. The third-order valence-electron chi connectivity index (χ3n) is 2.74. The lowest BCUT2D eigenvalue weighted by Crippen LogP contribution is -2.05. The highest BCUT2D eigenvalue weighted by molar-refractivity contribution is 14.1. The molecule has 0 saturated heterocycles. The second-order valence-electron chi connectivity index (χ2n) is 4.10. The molecule has 0 aliphatic rings. The highest BCUT2D eigenvalue weighted by Gasteiger charge is 2.20. The van der Waals surface area contributed by atoms with Crippen molar-refractivity contribution in [3.63, 3.8) is 0 Å². The van der Waals surface area contributed by atoms with Crippen molar-refractivity contribution in [2.45, 2.75) is 6.61 Å². The van der Waals surface area contributed by atoms with Crippen molar-refractivity contribution in [1.29, 1.82) is 0 Å². The van der Waals surface area contributed by atoms with Gasteiger partial charge >= 0.3 is 5.97 Å². The number of carbonyl (C=O) groups is 1. The summed E-state index contributed by atoms with van der Waals surface area (Å²) in [5.74, 6) is -0.381. The van der Waals surface area contributed by atoms with Gasteiger partial charge in [-0.25, -0.2) is 4.79 Å². The first-order valence-corrected chi connectivity index (χ1v) is 8.75. The van der Waals surface area contributed by atoms with Gasteiger partial charge in [0.15, 0.2) is 4.88 Å². The molecular weight excluding hydrogens is 419 g/mol. The Labute approximate surface area is 143 Å². The average Bonchev–Trinajstić information content (AvgIpc) is 3.16. The third kappa shape index (κ3) is 3.30. The van der Waals surface area contributed by atoms with Crippen LogP contribution in [0.25, 0.3) is 10.6 Å². The number of hydrogen-bond donors (Lipinski definition) is 0. The Morgan fingerprint density at radius 1 is 1.24 bits per heavy atom. The third-order valence-corrected chi connectivity index (χ3v) is 5.38. The summed E-state index contributed by atoms with van der Waals surface area (Å²) in [6, 6.07) is 11.6. The predicted molar refractivity (Wildman–Crippen MR) is 91.5 cm³/mol. The number of esters is 1. The Morgan fingerprint density at radius 3 is 2.86 bits per heavy atom. The highest BCUT2D eigenvalue weighted by Crippen LogP contribution is 2.28. The quantitative estimate of drug-likeness (QED) is 0.461. The molecule has 0 amide bonds. The minimum absolute atomic E-state index is 0.250. The van der Waals surface area contributed by atoms with Crippen LogP contribution in [0.3, 0.4) is 0 Å². The van der Waals surface area contributed by atoms with Gasteiger partial charge in [-0.1, -0.05) is 28.8 Å². The van der Waals surface area contributed by atoms with Gasteiger partial charge in [-0.2, -0.15) is 0 Å². The Bertz CT molecular complexity index is 756. The predicted octanol–water partition coefficient (Wildman–Crippen LogP) is 4.23. The smallest absolute Gasteiger partial charge is 0.352 e. The van der Waals surface area contributed by atoms with Crippen LogP contribution in [0.1, 0.15) is 15.2 Å². The molecule has 0 saturated carbocycles. The molecule has 0 spiro atoms. The number of nitrogens with zero attached hydrogens (tertiary/aromatic N) is 2. The molecule has 0 unspecified atom stereocenters. The van der Waals surface area contributed by atoms with Crippen molar-refractivity contribution in [2.24, 2.45) is 0 Å². The van der Waals surface area contributed by atoms with Crippen LogP contribution in [0.2, 0.25) is 0 Å². The first kappa shape index (κ1) is 14.6. The Morgan fingerprint density at radius 2 is 2.10 bits per heavy atom. The number of aromatic nitrogens is 2. The highest BCUT2D eigenvalue weighted by atomic mass is 127. The number of halogens is 1. The Hall–Kier alpha value is -1.32. The number of carbonyl (C=O) groups excluding carboxylic acids is 1. The lowest BCUT2D eigenvalue weighted by atomic mass is 10.2. The van der Waals surface area contributed by atoms with Crippen LogP contribution in [-0.4, -0.2) is 15.6 Å². The van der Waals surface area contributed by atoms with Crippen molar-refractivity contribution in [1.82, 2.24) is 9.59 Å². The second-order valence-corrected chi connectivity index (χ2v) is 6.96. The monoisotopic (exact) mass is 428 g/mol. The van der Waals surface area contributed by atoms with Crippen molar-refractivity contribution >= 4 is 51.4 Å². The molecule has 21 heavy (non-hydrogen) atoms. The maximum Gasteiger partial charge on any atom is 0.352 e. The van der Waals surface area contributed by atoms with Crippen LogP contribution >= 0.6 is 45.5 Å². The molecule has 7 heteroatoms. The van der Waals surface area contributed by atoms with E-state index >= 15 is 0 Å². The molecule has 4 nitrogen and oxygen atoms in total. The van der Waals surface area contributed by atoms with Crippen molar-refractivity contribution in [3.05, 3.63) is 55.8 Å². The molecule has 2 heterocycles. The summed E-state index contributed by atoms with van der Waals surface area (Å²) in [6.07, 6.45) is 0. The molecule has 0 aliphatic carbocycles. The molecule has 2 aromatic heterocycles. The molecule has 0 radical (unpaired) electrons. The summed E-state index contributed by atoms with van der Waals surface area (Å²) in [7, 11) is 0. The minimum atomic E-state index is -0.381. The van der Waals surface area contributed by atoms with Crippen LogP contribution < -0.4 is 0 Å². The molecule has 1 aromatic carbocycles. The van der Waals surface area contributed by atoms with E-state index in [1.807, 2.05) is 41.8 Å². The van der Waals surface area contributed by atoms with E-state index in [2.05, 4.69) is 32.2 Å². The number of ether oxygens (including phenoxy) is 1. The molecule has 0 aliphatic heterocycles. The van der Waals surface area contributed by atoms with E-state index in [1.54, 1.807) is 0 Å². The van der Waals surface area contributed by atoms with Gasteiger partial charge in [-0.05, 0) is 51.6 Å². The minimum Gasteiger partial charge on any atom is -0.456 e. The fourth-order valence-corrected chi connectivity index (χ4v) is 3.62. The number of benzene rings is 1. The topological polar surface area (TPSA) is 52.1 Å². The van der Waals surface area contributed by atoms with E-state index in [1.165, 1.54) is 11.3 Å². The van der Waals surface area contributed by atoms with Gasteiger partial charge in [0.1, 0.15) is 12.3 Å². The fraction of sp³-hybridized carbons (Fsp3) is 0.0714. The van der Waals surface area contributed by atoms with Crippen LogP contribution in [-0.2, 0) is 11.3 Å². The molecule has 0 N–H and O–H groups in total. The van der Waals surface area contributed by atoms with Crippen molar-refractivity contribution < 1.29 is 9.53 Å². The van der Waals surface area contributed by atoms with E-state index in [0.29, 0.717) is 10.6 Å². The van der Waals surface area contributed by atoms with E-state index in [4.69, 9.17) is 4.74 Å². The largest absolute Gasteiger partial charge is 0.456 e. The molecule has 0 bridgehead atoms. The van der Waals surface area contributed by atoms with Gasteiger partial charge in [0, 0.05) is 9.13 Å². The van der Waals surface area contributed by atoms with Crippen LogP contribution in [0.5, 0.6) is 0 Å². The zero-order valence-corrected chi connectivity index (χ0v) is 14.4. The summed E-state index contributed by atoms with van der Waals surface area (Å²) in [4.78, 5) is 13.6. The lowest BCUT2D eigenvalue weighted by molar-refractivity contribution is 0.0478. The van der Waals surface area contributed by atoms with E-state index in [-0.39, 0.29) is 12.6 Å². The Balaban J connectivity index is 1.75. The van der Waals surface area contributed by atoms with Gasteiger partial charge in [0.05, 0.1) is 4.88 Å². The van der Waals surface area contributed by atoms with Gasteiger partial charge in [-0.15, -0.1) is 16.4 Å². The van der Waals surface area contributed by atoms with Gasteiger partial charge < -0.3 is 4.74 Å². The van der Waals surface area contributed by atoms with Crippen LogP contribution in [0.4, 0.5) is 0 Å². The molecule has 3 rings (SSSR count). The second kappa shape index (κ2) is 6.63. The van der Waals surface area contributed by atoms with Gasteiger partial charge in [-0.3, -0.25) is 0 Å². The zero-order chi connectivity index (χ0) is 14.7. The molecule has 0 fully saturated rings. The number of hydrogen-bond acceptors (Lipinski definition) is 6. The van der Waals surface area contributed by atoms with E-state index in [0.717, 1.165) is 25.5 Å². The Kier molecular flexibility index (Phi) is 4.61. The van der Waals surface area contributed by atoms with E-state index < -0.39 is 0 Å². The maximum absolute atomic E-state index is 12.2. The molecule has 3 aromatic rings. The van der Waals surface area contributed by atoms with Crippen LogP contribution in [0, 0.1) is 3.57 Å².